The van der Waals surface area contributed by atoms with Gasteiger partial charge in [-0.2, -0.15) is 0 Å². The van der Waals surface area contributed by atoms with Gasteiger partial charge in [0.15, 0.2) is 5.82 Å². The quantitative estimate of drug-likeness (QED) is 0.850. The number of hydrogen-bond acceptors (Lipinski definition) is 6. The van der Waals surface area contributed by atoms with Crippen LogP contribution in [0.5, 0.6) is 0 Å². The highest BCUT2D eigenvalue weighted by molar-refractivity contribution is 5.73. The van der Waals surface area contributed by atoms with E-state index in [0.717, 1.165) is 49.3 Å². The van der Waals surface area contributed by atoms with Gasteiger partial charge in [0.25, 0.3) is 0 Å². The molecule has 8 heteroatoms. The molecular weight excluding hydrogens is 361 g/mol. The molecule has 148 valence electrons. The van der Waals surface area contributed by atoms with Gasteiger partial charge in [-0.05, 0) is 36.8 Å². The normalized spacial score (nSPS) is 27.3. The van der Waals surface area contributed by atoms with E-state index in [2.05, 4.69) is 20.2 Å². The second-order valence-electron chi connectivity index (χ2n) is 8.16. The Balaban J connectivity index is 1.13. The molecule has 0 spiro atoms. The zero-order valence-electron chi connectivity index (χ0n) is 15.9. The van der Waals surface area contributed by atoms with E-state index >= 15 is 0 Å². The van der Waals surface area contributed by atoms with Crippen LogP contribution in [0.15, 0.2) is 23.2 Å². The van der Waals surface area contributed by atoms with Crippen molar-refractivity contribution in [2.75, 3.05) is 32.7 Å². The lowest BCUT2D eigenvalue weighted by atomic mass is 9.91. The number of fused-ring (bicyclic) bond motifs is 1. The second-order valence-corrected chi connectivity index (χ2v) is 8.16. The maximum Gasteiger partial charge on any atom is 0.416 e. The van der Waals surface area contributed by atoms with Crippen molar-refractivity contribution in [2.45, 2.75) is 25.9 Å². The van der Waals surface area contributed by atoms with Crippen LogP contribution >= 0.6 is 0 Å². The predicted octanol–water partition coefficient (Wildman–Crippen LogP) is 1.47. The summed E-state index contributed by atoms with van der Waals surface area (Å²) < 4.78 is 19.6. The van der Waals surface area contributed by atoms with Gasteiger partial charge in [-0.25, -0.2) is 14.2 Å². The largest absolute Gasteiger partial charge is 0.444 e. The molecule has 1 aromatic heterocycles. The van der Waals surface area contributed by atoms with Crippen molar-refractivity contribution in [3.8, 4) is 0 Å². The summed E-state index contributed by atoms with van der Waals surface area (Å²) in [5.41, 5.74) is 2.90. The van der Waals surface area contributed by atoms with Gasteiger partial charge in [0.2, 0.25) is 0 Å². The van der Waals surface area contributed by atoms with E-state index in [1.54, 1.807) is 17.3 Å². The fourth-order valence-electron chi connectivity index (χ4n) is 4.75. The Kier molecular flexibility index (Phi) is 4.30. The number of carbonyl (C=O) groups excluding carboxylic acids is 1. The lowest BCUT2D eigenvalue weighted by Crippen LogP contribution is -2.54. The number of likely N-dealkylation sites (tertiary alicyclic amines) is 1. The fraction of sp³-hybridized carbons (Fsp3) is 0.550. The summed E-state index contributed by atoms with van der Waals surface area (Å²) in [6.45, 7) is 5.97. The number of ether oxygens (including phenoxy) is 1. The lowest BCUT2D eigenvalue weighted by Gasteiger charge is -2.42. The summed E-state index contributed by atoms with van der Waals surface area (Å²) >= 11 is 0. The Morgan fingerprint density at radius 3 is 2.86 bits per heavy atom. The molecular formula is C20H24FN5O2. The Morgan fingerprint density at radius 2 is 2.11 bits per heavy atom. The molecule has 0 saturated carbocycles. The average molecular weight is 385 g/mol. The first-order chi connectivity index (χ1) is 13.6. The maximum absolute atomic E-state index is 14.0. The highest BCUT2D eigenvalue weighted by atomic mass is 19.1. The monoisotopic (exact) mass is 385 g/mol. The number of aryl methyl sites for hydroxylation is 1. The molecule has 2 fully saturated rings. The van der Waals surface area contributed by atoms with Gasteiger partial charge in [-0.15, -0.1) is 0 Å². The highest BCUT2D eigenvalue weighted by Crippen LogP contribution is 2.34. The molecule has 7 nitrogen and oxygen atoms in total. The Hall–Kier alpha value is -2.48. The van der Waals surface area contributed by atoms with Crippen molar-refractivity contribution >= 4 is 12.3 Å². The van der Waals surface area contributed by atoms with Crippen LogP contribution in [0.2, 0.25) is 0 Å². The molecule has 1 aromatic rings. The van der Waals surface area contributed by atoms with Gasteiger partial charge in [-0.3, -0.25) is 9.88 Å². The van der Waals surface area contributed by atoms with Crippen LogP contribution in [0.1, 0.15) is 16.8 Å². The molecule has 3 aliphatic heterocycles. The number of aliphatic imine (C=N–C) groups is 1. The Labute approximate surface area is 163 Å². The van der Waals surface area contributed by atoms with Crippen LogP contribution in [0.4, 0.5) is 9.18 Å². The van der Waals surface area contributed by atoms with Crippen LogP contribution in [0.3, 0.4) is 0 Å². The number of aromatic nitrogens is 1. The zero-order valence-corrected chi connectivity index (χ0v) is 15.9. The standard InChI is InChI=1S/C20H24FN5O2/c1-12-15-4-13(5-16(15)17(21)6-24-12)8-25-9-14(10-25)18-11-26(20(27)28-18)19-7-22-2-3-23-19/h3,6-7,13-14,18,22H,2,4-5,8-11H2,1H3. The number of amides is 1. The minimum Gasteiger partial charge on any atom is -0.444 e. The van der Waals surface area contributed by atoms with E-state index in [4.69, 9.17) is 4.74 Å². The van der Waals surface area contributed by atoms with Crippen molar-refractivity contribution in [3.05, 3.63) is 40.9 Å². The number of halogens is 1. The molecule has 0 radical (unpaired) electrons. The molecule has 4 heterocycles. The summed E-state index contributed by atoms with van der Waals surface area (Å²) in [6.07, 6.45) is 6.13. The van der Waals surface area contributed by atoms with Gasteiger partial charge in [-0.1, -0.05) is 0 Å². The molecule has 1 aliphatic carbocycles. The molecule has 28 heavy (non-hydrogen) atoms. The number of carbonyl (C=O) groups is 1. The average Bonchev–Trinajstić information content (AvgIpc) is 3.26. The van der Waals surface area contributed by atoms with Crippen LogP contribution in [0, 0.1) is 24.6 Å². The van der Waals surface area contributed by atoms with Crippen LogP contribution in [0.25, 0.3) is 0 Å². The molecule has 0 bridgehead atoms. The molecule has 4 aliphatic rings. The number of hydrogen-bond donors (Lipinski definition) is 1. The van der Waals surface area contributed by atoms with Gasteiger partial charge < -0.3 is 15.0 Å². The SMILES string of the molecule is Cc1ncc(F)c2c1CC(CN1CC(C3CN(C4=CNCC=N4)C(=O)O3)C1)C2. The van der Waals surface area contributed by atoms with Crippen LogP contribution < -0.4 is 5.32 Å². The summed E-state index contributed by atoms with van der Waals surface area (Å²) in [5.74, 6) is 1.23. The van der Waals surface area contributed by atoms with E-state index in [1.165, 1.54) is 6.20 Å². The Morgan fingerprint density at radius 1 is 1.29 bits per heavy atom. The minimum atomic E-state index is -0.319. The third-order valence-corrected chi connectivity index (χ3v) is 6.25. The van der Waals surface area contributed by atoms with E-state index in [0.29, 0.717) is 30.7 Å². The molecule has 2 saturated heterocycles. The van der Waals surface area contributed by atoms with Crippen molar-refractivity contribution < 1.29 is 13.9 Å². The van der Waals surface area contributed by atoms with Crippen LogP contribution in [-0.4, -0.2) is 65.9 Å². The minimum absolute atomic E-state index is 0.0913. The molecule has 0 aromatic carbocycles. The van der Waals surface area contributed by atoms with Gasteiger partial charge >= 0.3 is 6.09 Å². The predicted molar refractivity (Wildman–Crippen MR) is 101 cm³/mol. The van der Waals surface area contributed by atoms with Crippen LogP contribution in [-0.2, 0) is 17.6 Å². The first-order valence-corrected chi connectivity index (χ1v) is 9.88. The maximum atomic E-state index is 14.0. The fourth-order valence-corrected chi connectivity index (χ4v) is 4.75. The smallest absolute Gasteiger partial charge is 0.416 e. The number of nitrogens with zero attached hydrogens (tertiary/aromatic N) is 4. The molecule has 2 atom stereocenters. The summed E-state index contributed by atoms with van der Waals surface area (Å²) in [6, 6.07) is 0. The summed E-state index contributed by atoms with van der Waals surface area (Å²) in [7, 11) is 0. The van der Waals surface area contributed by atoms with E-state index in [-0.39, 0.29) is 18.0 Å². The molecule has 1 N–H and O–H groups in total. The molecule has 2 unspecified atom stereocenters. The van der Waals surface area contributed by atoms with Gasteiger partial charge in [0, 0.05) is 50.2 Å². The number of pyridine rings is 1. The second kappa shape index (κ2) is 6.84. The Bertz CT molecular complexity index is 833. The topological polar surface area (TPSA) is 70.1 Å². The van der Waals surface area contributed by atoms with Crippen molar-refractivity contribution in [1.82, 2.24) is 20.1 Å². The third-order valence-electron chi connectivity index (χ3n) is 6.25. The van der Waals surface area contributed by atoms with E-state index in [1.807, 2.05) is 6.92 Å². The highest BCUT2D eigenvalue weighted by Gasteiger charge is 2.44. The summed E-state index contributed by atoms with van der Waals surface area (Å²) in [4.78, 5) is 24.6. The van der Waals surface area contributed by atoms with Crippen molar-refractivity contribution in [3.63, 3.8) is 0 Å². The lowest BCUT2D eigenvalue weighted by molar-refractivity contribution is 0.00159. The van der Waals surface area contributed by atoms with E-state index < -0.39 is 0 Å². The van der Waals surface area contributed by atoms with Gasteiger partial charge in [0.1, 0.15) is 11.9 Å². The number of rotatable bonds is 4. The molecule has 1 amide bonds. The number of nitrogens with one attached hydrogen (secondary N) is 1. The van der Waals surface area contributed by atoms with Gasteiger partial charge in [0.05, 0.1) is 12.7 Å². The van der Waals surface area contributed by atoms with Crippen molar-refractivity contribution in [1.29, 1.82) is 0 Å². The van der Waals surface area contributed by atoms with Crippen molar-refractivity contribution in [2.24, 2.45) is 16.8 Å². The molecule has 5 rings (SSSR count). The third kappa shape index (κ3) is 3.05. The summed E-state index contributed by atoms with van der Waals surface area (Å²) in [5, 5.41) is 3.07. The van der Waals surface area contributed by atoms with E-state index in [9.17, 15) is 9.18 Å². The first-order valence-electron chi connectivity index (χ1n) is 9.88. The zero-order chi connectivity index (χ0) is 19.3. The first kappa shape index (κ1) is 17.6. The number of cyclic esters (lactones) is 1.